The van der Waals surface area contributed by atoms with E-state index in [1.54, 1.807) is 12.1 Å². The first-order valence-corrected chi connectivity index (χ1v) is 5.98. The molecule has 18 heavy (non-hydrogen) atoms. The number of aromatic nitrogens is 2. The molecule has 2 aromatic carbocycles. The molecule has 0 atom stereocenters. The van der Waals surface area contributed by atoms with Crippen LogP contribution in [0, 0.1) is 0 Å². The second-order valence-corrected chi connectivity index (χ2v) is 4.50. The van der Waals surface area contributed by atoms with E-state index in [2.05, 4.69) is 30.9 Å². The molecule has 0 fully saturated rings. The van der Waals surface area contributed by atoms with E-state index in [9.17, 15) is 0 Å². The largest absolute Gasteiger partial charge is 0.454 e. The molecule has 3 aromatic rings. The Morgan fingerprint density at radius 3 is 2.61 bits per heavy atom. The van der Waals surface area contributed by atoms with Crippen LogP contribution in [-0.2, 0) is 0 Å². The summed E-state index contributed by atoms with van der Waals surface area (Å²) < 4.78 is 11.3. The molecule has 2 N–H and O–H groups in total. The Labute approximate surface area is 111 Å². The SMILES string of the molecule is Nc1ccc(Oc2ccccc2Br)c2nonc12. The quantitative estimate of drug-likeness (QED) is 0.735. The minimum Gasteiger partial charge on any atom is -0.454 e. The Bertz CT molecular complexity index is 711. The van der Waals surface area contributed by atoms with E-state index in [4.69, 9.17) is 10.5 Å². The molecule has 0 aliphatic carbocycles. The van der Waals surface area contributed by atoms with Crippen molar-refractivity contribution in [2.75, 3.05) is 5.73 Å². The summed E-state index contributed by atoms with van der Waals surface area (Å²) in [4.78, 5) is 0. The molecule has 0 amide bonds. The third kappa shape index (κ3) is 1.80. The van der Waals surface area contributed by atoms with Crippen molar-refractivity contribution in [3.8, 4) is 11.5 Å². The smallest absolute Gasteiger partial charge is 0.179 e. The molecule has 90 valence electrons. The lowest BCUT2D eigenvalue weighted by Gasteiger charge is -2.07. The van der Waals surface area contributed by atoms with Crippen molar-refractivity contribution in [1.29, 1.82) is 0 Å². The number of nitrogens with two attached hydrogens (primary N) is 1. The van der Waals surface area contributed by atoms with Crippen LogP contribution >= 0.6 is 15.9 Å². The summed E-state index contributed by atoms with van der Waals surface area (Å²) in [7, 11) is 0. The monoisotopic (exact) mass is 305 g/mol. The number of hydrogen-bond acceptors (Lipinski definition) is 5. The zero-order chi connectivity index (χ0) is 12.5. The number of hydrogen-bond donors (Lipinski definition) is 1. The molecule has 0 unspecified atom stereocenters. The Balaban J connectivity index is 2.08. The average molecular weight is 306 g/mol. The van der Waals surface area contributed by atoms with Crippen LogP contribution in [0.1, 0.15) is 0 Å². The molecule has 1 heterocycles. The van der Waals surface area contributed by atoms with Crippen LogP contribution in [0.4, 0.5) is 5.69 Å². The number of anilines is 1. The van der Waals surface area contributed by atoms with Gasteiger partial charge in [0, 0.05) is 0 Å². The summed E-state index contributed by atoms with van der Waals surface area (Å²) in [5.74, 6) is 1.24. The summed E-state index contributed by atoms with van der Waals surface area (Å²) in [5, 5.41) is 7.54. The van der Waals surface area contributed by atoms with E-state index < -0.39 is 0 Å². The van der Waals surface area contributed by atoms with Crippen molar-refractivity contribution < 1.29 is 9.37 Å². The van der Waals surface area contributed by atoms with E-state index in [0.717, 1.165) is 4.47 Å². The molecule has 0 bridgehead atoms. The van der Waals surface area contributed by atoms with Gasteiger partial charge in [0.05, 0.1) is 10.2 Å². The van der Waals surface area contributed by atoms with E-state index in [-0.39, 0.29) is 0 Å². The normalized spacial score (nSPS) is 10.7. The predicted molar refractivity (Wildman–Crippen MR) is 70.4 cm³/mol. The molecule has 5 nitrogen and oxygen atoms in total. The van der Waals surface area contributed by atoms with Crippen LogP contribution in [0.2, 0.25) is 0 Å². The predicted octanol–water partition coefficient (Wildman–Crippen LogP) is 3.36. The van der Waals surface area contributed by atoms with Gasteiger partial charge in [-0.15, -0.1) is 0 Å². The minimum atomic E-state index is 0.500. The van der Waals surface area contributed by atoms with Crippen molar-refractivity contribution in [2.24, 2.45) is 0 Å². The topological polar surface area (TPSA) is 74.2 Å². The summed E-state index contributed by atoms with van der Waals surface area (Å²) in [6.07, 6.45) is 0. The summed E-state index contributed by atoms with van der Waals surface area (Å²) >= 11 is 3.41. The Kier molecular flexibility index (Phi) is 2.64. The van der Waals surface area contributed by atoms with Gasteiger partial charge in [-0.25, -0.2) is 4.63 Å². The third-order valence-corrected chi connectivity index (χ3v) is 3.12. The van der Waals surface area contributed by atoms with Gasteiger partial charge in [0.25, 0.3) is 0 Å². The van der Waals surface area contributed by atoms with Gasteiger partial charge >= 0.3 is 0 Å². The van der Waals surface area contributed by atoms with Crippen molar-refractivity contribution in [2.45, 2.75) is 0 Å². The Morgan fingerprint density at radius 2 is 1.78 bits per heavy atom. The number of nitrogens with zero attached hydrogens (tertiary/aromatic N) is 2. The van der Waals surface area contributed by atoms with Gasteiger partial charge in [0.15, 0.2) is 16.8 Å². The standard InChI is InChI=1S/C12H8BrN3O2/c13-7-3-1-2-4-9(7)17-10-6-5-8(14)11-12(10)16-18-15-11/h1-6H,14H2. The fourth-order valence-electron chi connectivity index (χ4n) is 1.59. The van der Waals surface area contributed by atoms with Crippen LogP contribution in [0.5, 0.6) is 11.5 Å². The molecule has 0 saturated heterocycles. The summed E-state index contributed by atoms with van der Waals surface area (Å²) in [6, 6.07) is 11.0. The first-order chi connectivity index (χ1) is 8.75. The number of rotatable bonds is 2. The number of para-hydroxylation sites is 1. The van der Waals surface area contributed by atoms with Crippen LogP contribution in [0.3, 0.4) is 0 Å². The maximum atomic E-state index is 5.77. The maximum Gasteiger partial charge on any atom is 0.179 e. The third-order valence-electron chi connectivity index (χ3n) is 2.47. The van der Waals surface area contributed by atoms with Crippen molar-refractivity contribution in [3.63, 3.8) is 0 Å². The summed E-state index contributed by atoms with van der Waals surface area (Å²) in [5.41, 5.74) is 7.28. The molecule has 0 aliphatic rings. The second-order valence-electron chi connectivity index (χ2n) is 3.65. The molecule has 0 spiro atoms. The molecule has 1 aromatic heterocycles. The highest BCUT2D eigenvalue weighted by Crippen LogP contribution is 2.34. The molecule has 3 rings (SSSR count). The van der Waals surface area contributed by atoms with Crippen molar-refractivity contribution >= 4 is 32.7 Å². The Hall–Kier alpha value is -2.08. The van der Waals surface area contributed by atoms with Crippen LogP contribution < -0.4 is 10.5 Å². The van der Waals surface area contributed by atoms with Crippen LogP contribution in [0.25, 0.3) is 11.0 Å². The highest BCUT2D eigenvalue weighted by Gasteiger charge is 2.12. The van der Waals surface area contributed by atoms with E-state index in [1.807, 2.05) is 24.3 Å². The molecular weight excluding hydrogens is 298 g/mol. The number of fused-ring (bicyclic) bond motifs is 1. The van der Waals surface area contributed by atoms with Gasteiger partial charge in [0.2, 0.25) is 0 Å². The number of nitrogen functional groups attached to an aromatic ring is 1. The molecular formula is C12H8BrN3O2. The molecule has 0 radical (unpaired) electrons. The van der Waals surface area contributed by atoms with E-state index >= 15 is 0 Å². The average Bonchev–Trinajstić information content (AvgIpc) is 2.85. The number of benzene rings is 2. The van der Waals surface area contributed by atoms with Crippen molar-refractivity contribution in [3.05, 3.63) is 40.9 Å². The maximum absolute atomic E-state index is 5.77. The van der Waals surface area contributed by atoms with Gasteiger partial charge < -0.3 is 10.5 Å². The van der Waals surface area contributed by atoms with E-state index in [0.29, 0.717) is 28.2 Å². The van der Waals surface area contributed by atoms with Crippen LogP contribution in [0.15, 0.2) is 45.5 Å². The number of ether oxygens (including phenoxy) is 1. The second kappa shape index (κ2) is 4.30. The van der Waals surface area contributed by atoms with Crippen LogP contribution in [-0.4, -0.2) is 10.3 Å². The van der Waals surface area contributed by atoms with Gasteiger partial charge in [-0.3, -0.25) is 0 Å². The first-order valence-electron chi connectivity index (χ1n) is 5.19. The number of halogens is 1. The summed E-state index contributed by atoms with van der Waals surface area (Å²) in [6.45, 7) is 0. The molecule has 0 aliphatic heterocycles. The highest BCUT2D eigenvalue weighted by atomic mass is 79.9. The lowest BCUT2D eigenvalue weighted by Crippen LogP contribution is -1.90. The first kappa shape index (κ1) is 11.0. The zero-order valence-electron chi connectivity index (χ0n) is 9.13. The van der Waals surface area contributed by atoms with E-state index in [1.165, 1.54) is 0 Å². The van der Waals surface area contributed by atoms with Gasteiger partial charge in [-0.2, -0.15) is 0 Å². The van der Waals surface area contributed by atoms with Gasteiger partial charge in [-0.1, -0.05) is 12.1 Å². The fourth-order valence-corrected chi connectivity index (χ4v) is 1.96. The van der Waals surface area contributed by atoms with Gasteiger partial charge in [-0.05, 0) is 50.5 Å². The lowest BCUT2D eigenvalue weighted by molar-refractivity contribution is 0.314. The lowest BCUT2D eigenvalue weighted by atomic mass is 10.2. The minimum absolute atomic E-state index is 0.500. The van der Waals surface area contributed by atoms with Gasteiger partial charge in [0.1, 0.15) is 5.75 Å². The van der Waals surface area contributed by atoms with Crippen molar-refractivity contribution in [1.82, 2.24) is 10.3 Å². The highest BCUT2D eigenvalue weighted by molar-refractivity contribution is 9.10. The molecule has 6 heteroatoms. The zero-order valence-corrected chi connectivity index (χ0v) is 10.7. The fraction of sp³-hybridized carbons (Fsp3) is 0. The molecule has 0 saturated carbocycles. The Morgan fingerprint density at radius 1 is 1.00 bits per heavy atom.